The molecule has 0 atom stereocenters. The number of nitro benzene ring substituents is 1. The van der Waals surface area contributed by atoms with Crippen LogP contribution in [0.3, 0.4) is 0 Å². The molecular formula is C16H13FN2O5. The zero-order valence-corrected chi connectivity index (χ0v) is 12.6. The fourth-order valence-electron chi connectivity index (χ4n) is 2.00. The summed E-state index contributed by atoms with van der Waals surface area (Å²) in [5.41, 5.74) is -0.338. The van der Waals surface area contributed by atoms with Crippen LogP contribution in [0.25, 0.3) is 0 Å². The molecule has 0 aliphatic heterocycles. The topological polar surface area (TPSA) is 98.5 Å². The third-order valence-electron chi connectivity index (χ3n) is 3.21. The maximum absolute atomic E-state index is 13.5. The second kappa shape index (κ2) is 7.32. The number of ketones is 1. The SMILES string of the molecule is CNc1ccc(C(=O)OCC(=O)c2ccccc2F)cc1[N+](=O)[O-]. The molecule has 2 rings (SSSR count). The predicted octanol–water partition coefficient (Wildman–Crippen LogP) is 2.82. The van der Waals surface area contributed by atoms with Crippen LogP contribution in [0, 0.1) is 15.9 Å². The Morgan fingerprint density at radius 2 is 1.96 bits per heavy atom. The van der Waals surface area contributed by atoms with Crippen LogP contribution in [-0.2, 0) is 4.74 Å². The number of carbonyl (C=O) groups is 2. The summed E-state index contributed by atoms with van der Waals surface area (Å²) < 4.78 is 18.3. The molecule has 2 aromatic rings. The number of esters is 1. The van der Waals surface area contributed by atoms with Crippen LogP contribution < -0.4 is 5.32 Å². The maximum atomic E-state index is 13.5. The van der Waals surface area contributed by atoms with Crippen molar-refractivity contribution in [3.8, 4) is 0 Å². The number of benzene rings is 2. The lowest BCUT2D eigenvalue weighted by Gasteiger charge is -2.07. The minimum absolute atomic E-state index is 0.0815. The van der Waals surface area contributed by atoms with Gasteiger partial charge in [-0.25, -0.2) is 9.18 Å². The summed E-state index contributed by atoms with van der Waals surface area (Å²) in [6.45, 7) is -0.665. The highest BCUT2D eigenvalue weighted by atomic mass is 19.1. The van der Waals surface area contributed by atoms with Crippen molar-refractivity contribution >= 4 is 23.1 Å². The van der Waals surface area contributed by atoms with Gasteiger partial charge in [-0.3, -0.25) is 14.9 Å². The fourth-order valence-corrected chi connectivity index (χ4v) is 2.00. The van der Waals surface area contributed by atoms with Gasteiger partial charge in [-0.2, -0.15) is 0 Å². The van der Waals surface area contributed by atoms with E-state index in [0.717, 1.165) is 12.1 Å². The van der Waals surface area contributed by atoms with Crippen molar-refractivity contribution in [2.45, 2.75) is 0 Å². The van der Waals surface area contributed by atoms with E-state index in [1.807, 2.05) is 0 Å². The van der Waals surface area contributed by atoms with Crippen molar-refractivity contribution in [2.75, 3.05) is 19.0 Å². The number of rotatable bonds is 6. The van der Waals surface area contributed by atoms with Crippen LogP contribution in [0.1, 0.15) is 20.7 Å². The van der Waals surface area contributed by atoms with Gasteiger partial charge in [0.1, 0.15) is 11.5 Å². The number of ether oxygens (including phenoxy) is 1. The van der Waals surface area contributed by atoms with Crippen molar-refractivity contribution in [1.29, 1.82) is 0 Å². The van der Waals surface area contributed by atoms with E-state index in [9.17, 15) is 24.1 Å². The number of nitro groups is 1. The largest absolute Gasteiger partial charge is 0.454 e. The lowest BCUT2D eigenvalue weighted by molar-refractivity contribution is -0.384. The van der Waals surface area contributed by atoms with E-state index in [4.69, 9.17) is 4.74 Å². The van der Waals surface area contributed by atoms with Crippen LogP contribution in [0.2, 0.25) is 0 Å². The molecule has 1 N–H and O–H groups in total. The Bertz CT molecular complexity index is 807. The lowest BCUT2D eigenvalue weighted by atomic mass is 10.1. The molecule has 0 radical (unpaired) electrons. The molecule has 124 valence electrons. The summed E-state index contributed by atoms with van der Waals surface area (Å²) in [7, 11) is 1.51. The zero-order valence-electron chi connectivity index (χ0n) is 12.6. The predicted molar refractivity (Wildman–Crippen MR) is 83.7 cm³/mol. The van der Waals surface area contributed by atoms with Crippen molar-refractivity contribution in [1.82, 2.24) is 0 Å². The Morgan fingerprint density at radius 1 is 1.25 bits per heavy atom. The normalized spacial score (nSPS) is 10.1. The van der Waals surface area contributed by atoms with E-state index in [2.05, 4.69) is 5.32 Å². The lowest BCUT2D eigenvalue weighted by Crippen LogP contribution is -2.15. The van der Waals surface area contributed by atoms with Crippen molar-refractivity contribution in [3.63, 3.8) is 0 Å². The molecule has 0 saturated heterocycles. The Morgan fingerprint density at radius 3 is 2.58 bits per heavy atom. The van der Waals surface area contributed by atoms with E-state index in [-0.39, 0.29) is 22.5 Å². The van der Waals surface area contributed by atoms with E-state index in [1.165, 1.54) is 37.4 Å². The van der Waals surface area contributed by atoms with Crippen LogP contribution >= 0.6 is 0 Å². The molecule has 8 heteroatoms. The molecule has 2 aromatic carbocycles. The molecule has 24 heavy (non-hydrogen) atoms. The first-order valence-corrected chi connectivity index (χ1v) is 6.85. The van der Waals surface area contributed by atoms with Crippen LogP contribution in [0.4, 0.5) is 15.8 Å². The van der Waals surface area contributed by atoms with E-state index in [1.54, 1.807) is 0 Å². The number of anilines is 1. The molecule has 0 aliphatic carbocycles. The molecule has 7 nitrogen and oxygen atoms in total. The minimum Gasteiger partial charge on any atom is -0.454 e. The number of hydrogen-bond donors (Lipinski definition) is 1. The number of nitrogens with one attached hydrogen (secondary N) is 1. The average Bonchev–Trinajstić information content (AvgIpc) is 2.59. The second-order valence-corrected chi connectivity index (χ2v) is 4.72. The summed E-state index contributed by atoms with van der Waals surface area (Å²) in [6, 6.07) is 9.04. The first kappa shape index (κ1) is 17.1. The molecule has 0 amide bonds. The van der Waals surface area contributed by atoms with Gasteiger partial charge in [0.25, 0.3) is 5.69 Å². The number of nitrogens with zero attached hydrogens (tertiary/aromatic N) is 1. The quantitative estimate of drug-likeness (QED) is 0.378. The maximum Gasteiger partial charge on any atom is 0.338 e. The van der Waals surface area contributed by atoms with Gasteiger partial charge in [0.05, 0.1) is 16.1 Å². The molecule has 0 aromatic heterocycles. The van der Waals surface area contributed by atoms with Crippen molar-refractivity contribution in [2.24, 2.45) is 0 Å². The Balaban J connectivity index is 2.10. The first-order valence-electron chi connectivity index (χ1n) is 6.85. The van der Waals surface area contributed by atoms with E-state index < -0.39 is 29.1 Å². The molecule has 0 fully saturated rings. The van der Waals surface area contributed by atoms with Gasteiger partial charge >= 0.3 is 5.97 Å². The summed E-state index contributed by atoms with van der Waals surface area (Å²) >= 11 is 0. The zero-order chi connectivity index (χ0) is 17.7. The summed E-state index contributed by atoms with van der Waals surface area (Å²) in [6.07, 6.45) is 0. The van der Waals surface area contributed by atoms with Crippen molar-refractivity contribution in [3.05, 3.63) is 69.5 Å². The van der Waals surface area contributed by atoms with Gasteiger partial charge in [0.15, 0.2) is 6.61 Å². The van der Waals surface area contributed by atoms with Crippen LogP contribution in [-0.4, -0.2) is 30.3 Å². The molecule has 0 saturated carbocycles. The molecule has 0 aliphatic rings. The molecule has 0 spiro atoms. The number of carbonyl (C=O) groups excluding carboxylic acids is 2. The highest BCUT2D eigenvalue weighted by Crippen LogP contribution is 2.25. The Kier molecular flexibility index (Phi) is 5.20. The molecular weight excluding hydrogens is 319 g/mol. The van der Waals surface area contributed by atoms with Crippen LogP contribution in [0.15, 0.2) is 42.5 Å². The van der Waals surface area contributed by atoms with E-state index in [0.29, 0.717) is 0 Å². The summed E-state index contributed by atoms with van der Waals surface area (Å²) in [5, 5.41) is 13.6. The molecule has 0 heterocycles. The van der Waals surface area contributed by atoms with Gasteiger partial charge in [0, 0.05) is 13.1 Å². The highest BCUT2D eigenvalue weighted by Gasteiger charge is 2.19. The highest BCUT2D eigenvalue weighted by molar-refractivity contribution is 5.99. The van der Waals surface area contributed by atoms with Gasteiger partial charge in [-0.1, -0.05) is 12.1 Å². The van der Waals surface area contributed by atoms with Crippen LogP contribution in [0.5, 0.6) is 0 Å². The van der Waals surface area contributed by atoms with Gasteiger partial charge in [-0.15, -0.1) is 0 Å². The second-order valence-electron chi connectivity index (χ2n) is 4.72. The summed E-state index contributed by atoms with van der Waals surface area (Å²) in [4.78, 5) is 34.1. The average molecular weight is 332 g/mol. The van der Waals surface area contributed by atoms with E-state index >= 15 is 0 Å². The smallest absolute Gasteiger partial charge is 0.338 e. The number of Topliss-reactive ketones (excluding diaryl/α,β-unsaturated/α-hetero) is 1. The monoisotopic (exact) mass is 332 g/mol. The third kappa shape index (κ3) is 3.72. The van der Waals surface area contributed by atoms with Gasteiger partial charge < -0.3 is 10.1 Å². The molecule has 0 unspecified atom stereocenters. The number of halogens is 1. The standard InChI is InChI=1S/C16H13FN2O5/c1-18-13-7-6-10(8-14(13)19(22)23)16(21)24-9-15(20)11-4-2-3-5-12(11)17/h2-8,18H,9H2,1H3. The van der Waals surface area contributed by atoms with Crippen molar-refractivity contribution < 1.29 is 23.6 Å². The van der Waals surface area contributed by atoms with Gasteiger partial charge in [0.2, 0.25) is 5.78 Å². The Labute approximate surface area is 136 Å². The van der Waals surface area contributed by atoms with Gasteiger partial charge in [-0.05, 0) is 24.3 Å². The fraction of sp³-hybridized carbons (Fsp3) is 0.125. The first-order chi connectivity index (χ1) is 11.4. The third-order valence-corrected chi connectivity index (χ3v) is 3.21. The summed E-state index contributed by atoms with van der Waals surface area (Å²) in [5.74, 6) is -2.33. The minimum atomic E-state index is -0.912. The number of hydrogen-bond acceptors (Lipinski definition) is 6. The Hall–Kier alpha value is -3.29. The molecule has 0 bridgehead atoms.